The van der Waals surface area contributed by atoms with E-state index in [1.54, 1.807) is 92.9 Å². The molecule has 138 heavy (non-hydrogen) atoms. The second-order valence-corrected chi connectivity index (χ2v) is 34.6. The molecule has 9 aromatic rings. The van der Waals surface area contributed by atoms with E-state index >= 15 is 0 Å². The maximum Gasteiger partial charge on any atom is 1.00 e. The molecule has 0 unspecified atom stereocenters. The molecule has 13 rings (SSSR count). The fraction of sp³-hybridized carbons (Fsp3) is 0.361. The van der Waals surface area contributed by atoms with Crippen LogP contribution in [0.2, 0.25) is 0 Å². The van der Waals surface area contributed by atoms with Crippen molar-refractivity contribution in [1.29, 1.82) is 5.26 Å². The number of imide groups is 1. The number of ether oxygens (including phenoxy) is 5. The zero-order chi connectivity index (χ0) is 101. The Morgan fingerprint density at radius 2 is 0.957 bits per heavy atom. The molecule has 732 valence electrons. The number of carbonyl (C=O) groups is 7. The summed E-state index contributed by atoms with van der Waals surface area (Å²) in [4.78, 5) is 136. The van der Waals surface area contributed by atoms with Crippen molar-refractivity contribution in [2.75, 3.05) is 29.2 Å². The van der Waals surface area contributed by atoms with Crippen molar-refractivity contribution in [1.82, 2.24) is 54.8 Å². The number of nitro groups is 2. The number of nitrogens with zero attached hydrogens (tertiary/aromatic N) is 14. The van der Waals surface area contributed by atoms with Gasteiger partial charge in [0.1, 0.15) is 63.0 Å². The number of aryl methyl sites for hydroxylation is 3. The quantitative estimate of drug-likeness (QED) is 0.0231. The van der Waals surface area contributed by atoms with Crippen molar-refractivity contribution in [3.8, 4) is 71.4 Å². The number of nitrogens with one attached hydrogen (secondary N) is 1. The summed E-state index contributed by atoms with van der Waals surface area (Å²) in [5, 5.41) is 34.3. The SMILES string of the molecule is C.C#CCBr.C#CCN(CC#C)C(=O)OC(C)(C)C.CC(=O)N(C(=O)Oc1ccccc1)c1nc(-c2ccc(F)cc2F)ccc1[N+](=O)[O-].CC(C)(C)OC(=O)N1Cc2cnc(CCl)cc2C1.CC(C)(C)OC(N)=O.Cc1cc2c(cn1)CN(C(=O)Cc1nc(-c3ccc(F)cc3F)ccc1[N+](=O)[O-])C2.Cc1cc2c(cn1)CN(C(=O)OC(C)(C)C)C2.Cc1cc2c(cn1)CNC2.Cl.N#CCCl.[H-].[Na+]. The predicted molar refractivity (Wildman–Crippen MR) is 518 cm³/mol. The third-order valence-electron chi connectivity index (χ3n) is 17.7. The molecular weight excluding hydrogens is 1930 g/mol. The average molecular weight is 2040 g/mol. The van der Waals surface area contributed by atoms with Crippen LogP contribution in [-0.4, -0.2) is 148 Å². The Kier molecular flexibility index (Phi) is 50.3. The van der Waals surface area contributed by atoms with Gasteiger partial charge in [0, 0.05) is 123 Å². The number of hydrogen-bond acceptors (Lipinski definition) is 24. The Balaban J connectivity index is 0.000000826. The maximum absolute atomic E-state index is 14.1. The fourth-order valence-electron chi connectivity index (χ4n) is 12.1. The van der Waals surface area contributed by atoms with E-state index in [0.29, 0.717) is 67.5 Å². The third-order valence-corrected chi connectivity index (χ3v) is 18.5. The zero-order valence-corrected chi connectivity index (χ0v) is 84.7. The average Bonchev–Trinajstić information content (AvgIpc) is 1.66. The van der Waals surface area contributed by atoms with Crippen molar-refractivity contribution < 1.29 is 116 Å². The van der Waals surface area contributed by atoms with Crippen LogP contribution in [0.3, 0.4) is 0 Å². The van der Waals surface area contributed by atoms with E-state index in [0.717, 1.165) is 101 Å². The van der Waals surface area contributed by atoms with Crippen molar-refractivity contribution in [3.63, 3.8) is 0 Å². The monoisotopic (exact) mass is 2040 g/mol. The molecule has 0 radical (unpaired) electrons. The minimum atomic E-state index is -1.24. The van der Waals surface area contributed by atoms with Gasteiger partial charge in [-0.15, -0.1) is 54.9 Å². The first-order valence-electron chi connectivity index (χ1n) is 41.2. The molecule has 3 N–H and O–H groups in total. The first-order chi connectivity index (χ1) is 63.3. The summed E-state index contributed by atoms with van der Waals surface area (Å²) in [5.74, 6) is 2.34. The first kappa shape index (κ1) is 121. The van der Waals surface area contributed by atoms with Crippen molar-refractivity contribution in [2.24, 2.45) is 5.73 Å². The molecule has 0 fully saturated rings. The van der Waals surface area contributed by atoms with Gasteiger partial charge >= 0.3 is 65.7 Å². The normalized spacial score (nSPS) is 11.7. The number of fused-ring (bicyclic) bond motifs is 4. The number of pyridine rings is 6. The van der Waals surface area contributed by atoms with Crippen LogP contribution < -0.4 is 50.2 Å². The fourth-order valence-corrected chi connectivity index (χ4v) is 12.3. The number of hydrogen-bond donors (Lipinski definition) is 2. The molecule has 0 atom stereocenters. The van der Waals surface area contributed by atoms with Gasteiger partial charge < -0.3 is 41.1 Å². The standard InChI is InChI=1S/C21H16F2N4O3.C20H13F2N3O5.C13H17ClN2O2.C13H18N2O2.C11H15NO2.C8H10N2.C5H11NO2.C3H3Br.C2H2ClN.CH4.ClH.Na.H/c1-12-6-13-10-26(11-14(13)9-24-12)21(28)8-19-20(27(29)30)5-4-18(25-19)16-3-2-15(22)7-17(16)23;1-12(26)24(20(27)30-14-5-3-2-4-6-14)19-18(25(28)29)10-9-17(23-19)15-8-7-13(21)11-16(15)22;1-13(2,3)18-12(17)16-7-9-4-11(5-14)15-6-10(9)8-16;1-9-5-10-7-15(8-11(10)6-14-9)12(16)17-13(2,3)4;1-6-8-12(9-7-2)10(13)14-11(3,4)5;1-6-2-7-3-9-4-8(7)5-10-6;1-5(2,3)8-4(6)7;1-2-3-4;3-1-2-4;;;;/h2-7,9H,8,10-11H2,1H3;2-11H,1H3;4,6H,5,7-8H2,1-3H3;5-6H,7-8H2,1-4H3;1-2H,8-9H2,3-5H3;2,5,9H,3-4H2,1H3;1-3H3,(H2,6,7);1H,3H2;1H2;1H4;1H;;/q;;;;;;;;;;;+1;-1. The predicted octanol–water partition coefficient (Wildman–Crippen LogP) is 17.2. The van der Waals surface area contributed by atoms with E-state index in [2.05, 4.69) is 79.7 Å². The third kappa shape index (κ3) is 41.2. The van der Waals surface area contributed by atoms with Crippen molar-refractivity contribution in [3.05, 3.63) is 257 Å². The Hall–Kier alpha value is -13.0. The van der Waals surface area contributed by atoms with E-state index in [1.165, 1.54) is 51.9 Å². The number of primary amides is 1. The van der Waals surface area contributed by atoms with Gasteiger partial charge in [-0.05, 0) is 221 Å². The summed E-state index contributed by atoms with van der Waals surface area (Å²) < 4.78 is 80.1. The molecule has 3 aromatic carbocycles. The van der Waals surface area contributed by atoms with E-state index in [-0.39, 0.29) is 134 Å². The van der Waals surface area contributed by atoms with Gasteiger partial charge in [0.15, 0.2) is 0 Å². The van der Waals surface area contributed by atoms with Crippen LogP contribution >= 0.6 is 51.5 Å². The molecule has 0 saturated heterocycles. The number of carbonyl (C=O) groups excluding carboxylic acids is 7. The molecule has 0 spiro atoms. The van der Waals surface area contributed by atoms with Gasteiger partial charge in [-0.25, -0.2) is 51.5 Å². The van der Waals surface area contributed by atoms with Crippen molar-refractivity contribution >= 4 is 111 Å². The minimum absolute atomic E-state index is 0. The summed E-state index contributed by atoms with van der Waals surface area (Å²) in [6.45, 7) is 34.1. The van der Waals surface area contributed by atoms with Crippen molar-refractivity contribution in [2.45, 2.75) is 205 Å². The summed E-state index contributed by atoms with van der Waals surface area (Å²) in [6, 6.07) is 27.7. The second kappa shape index (κ2) is 57.3. The number of benzene rings is 3. The van der Waals surface area contributed by atoms with E-state index in [9.17, 15) is 71.4 Å². The van der Waals surface area contributed by atoms with Gasteiger partial charge in [0.25, 0.3) is 5.69 Å². The van der Waals surface area contributed by atoms with Gasteiger partial charge in [-0.1, -0.05) is 59.3 Å². The molecule has 41 heteroatoms. The molecule has 7 amide bonds. The number of terminal acetylenes is 3. The number of rotatable bonds is 11. The Labute approximate surface area is 848 Å². The van der Waals surface area contributed by atoms with Crippen LogP contribution in [0.1, 0.15) is 172 Å². The Bertz CT molecular complexity index is 5890. The van der Waals surface area contributed by atoms with E-state index < -0.39 is 91.2 Å². The Morgan fingerprint density at radius 3 is 1.36 bits per heavy atom. The van der Waals surface area contributed by atoms with Crippen LogP contribution in [0.4, 0.5) is 58.7 Å². The molecule has 32 nitrogen and oxygen atoms in total. The molecule has 10 heterocycles. The molecule has 6 aromatic heterocycles. The van der Waals surface area contributed by atoms with Gasteiger partial charge in [0.05, 0.1) is 76.8 Å². The summed E-state index contributed by atoms with van der Waals surface area (Å²) in [7, 11) is 0. The van der Waals surface area contributed by atoms with E-state index in [1.807, 2.05) is 92.9 Å². The van der Waals surface area contributed by atoms with Crippen LogP contribution in [0.15, 0.2) is 140 Å². The topological polar surface area (TPSA) is 407 Å². The summed E-state index contributed by atoms with van der Waals surface area (Å²) in [5.41, 5.74) is 14.4. The van der Waals surface area contributed by atoms with Crippen LogP contribution in [-0.2, 0) is 93.2 Å². The molecule has 4 aliphatic rings. The molecule has 4 aliphatic heterocycles. The number of aromatic nitrogens is 6. The number of para-hydroxylation sites is 1. The number of nitrogens with two attached hydrogens (primary N) is 1. The second-order valence-electron chi connectivity index (χ2n) is 33.5. The van der Waals surface area contributed by atoms with Gasteiger partial charge in [-0.2, -0.15) is 10.2 Å². The number of halogens is 8. The minimum Gasteiger partial charge on any atom is -1.00 e. The maximum atomic E-state index is 14.1. The first-order valence-corrected chi connectivity index (χ1v) is 43.4. The number of nitriles is 1. The number of anilines is 1. The molecular formula is C97H111BrCl3F4N16NaO16. The van der Waals surface area contributed by atoms with Gasteiger partial charge in [0.2, 0.25) is 17.6 Å². The number of amides is 7. The summed E-state index contributed by atoms with van der Waals surface area (Å²) >= 11 is 13.6. The van der Waals surface area contributed by atoms with Crippen LogP contribution in [0.25, 0.3) is 22.5 Å². The Morgan fingerprint density at radius 1 is 0.558 bits per heavy atom. The molecule has 0 saturated carbocycles. The molecule has 0 bridgehead atoms. The van der Waals surface area contributed by atoms with Crippen LogP contribution in [0, 0.1) is 113 Å². The van der Waals surface area contributed by atoms with Gasteiger partial charge in [-0.3, -0.25) is 64.5 Å². The molecule has 0 aliphatic carbocycles. The number of alkyl halides is 3. The largest absolute Gasteiger partial charge is 1.00 e. The zero-order valence-electron chi connectivity index (χ0n) is 79.8. The van der Waals surface area contributed by atoms with E-state index in [4.69, 9.17) is 72.4 Å². The van der Waals surface area contributed by atoms with Crippen LogP contribution in [0.5, 0.6) is 5.75 Å². The summed E-state index contributed by atoms with van der Waals surface area (Å²) in [6.07, 6.45) is 18.9. The smallest absolute Gasteiger partial charge is 1.00 e.